The van der Waals surface area contributed by atoms with Gasteiger partial charge in [-0.3, -0.25) is 14.7 Å². The summed E-state index contributed by atoms with van der Waals surface area (Å²) < 4.78 is 2.05. The second-order valence-electron chi connectivity index (χ2n) is 9.55. The lowest BCUT2D eigenvalue weighted by Gasteiger charge is -2.32. The molecule has 0 unspecified atom stereocenters. The van der Waals surface area contributed by atoms with Crippen LogP contribution in [0.4, 0.5) is 0 Å². The molecule has 6 nitrogen and oxygen atoms in total. The van der Waals surface area contributed by atoms with Crippen molar-refractivity contribution in [2.45, 2.75) is 51.1 Å². The summed E-state index contributed by atoms with van der Waals surface area (Å²) in [6.45, 7) is 3.14. The van der Waals surface area contributed by atoms with E-state index in [1.54, 1.807) is 6.20 Å². The average Bonchev–Trinajstić information content (AvgIpc) is 3.18. The van der Waals surface area contributed by atoms with Crippen LogP contribution in [0.15, 0.2) is 42.6 Å². The molecule has 1 amide bonds. The Kier molecular flexibility index (Phi) is 6.15. The van der Waals surface area contributed by atoms with Crippen molar-refractivity contribution in [1.29, 1.82) is 5.26 Å². The highest BCUT2D eigenvalue weighted by molar-refractivity contribution is 6.06. The predicted molar refractivity (Wildman–Crippen MR) is 129 cm³/mol. The van der Waals surface area contributed by atoms with Gasteiger partial charge in [-0.25, -0.2) is 0 Å². The first-order valence-corrected chi connectivity index (χ1v) is 12.1. The third-order valence-electron chi connectivity index (χ3n) is 7.55. The van der Waals surface area contributed by atoms with Crippen molar-refractivity contribution in [3.05, 3.63) is 65.1 Å². The molecule has 6 heteroatoms. The molecule has 0 atom stereocenters. The monoisotopic (exact) mass is 441 g/mol. The highest BCUT2D eigenvalue weighted by Crippen LogP contribution is 2.29. The SMILES string of the molecule is Cn1c(C#N)cc2c1CCN(CCC1CCC(NC(=O)c3cccc4ncccc34)CC1)C2. The number of aromatic nitrogens is 2. The maximum absolute atomic E-state index is 12.9. The zero-order valence-corrected chi connectivity index (χ0v) is 19.3. The van der Waals surface area contributed by atoms with Gasteiger partial charge >= 0.3 is 0 Å². The summed E-state index contributed by atoms with van der Waals surface area (Å²) in [4.78, 5) is 19.8. The topological polar surface area (TPSA) is 74.0 Å². The number of benzene rings is 1. The van der Waals surface area contributed by atoms with Crippen molar-refractivity contribution < 1.29 is 4.79 Å². The lowest BCUT2D eigenvalue weighted by molar-refractivity contribution is 0.0921. The molecular formula is C27H31N5O. The van der Waals surface area contributed by atoms with E-state index in [1.165, 1.54) is 30.5 Å². The van der Waals surface area contributed by atoms with E-state index in [0.29, 0.717) is 5.56 Å². The molecule has 1 fully saturated rings. The molecule has 5 rings (SSSR count). The summed E-state index contributed by atoms with van der Waals surface area (Å²) in [6, 6.07) is 14.2. The molecule has 1 aromatic carbocycles. The Morgan fingerprint density at radius 2 is 2.06 bits per heavy atom. The average molecular weight is 442 g/mol. The molecule has 0 saturated heterocycles. The fourth-order valence-electron chi connectivity index (χ4n) is 5.58. The van der Waals surface area contributed by atoms with Crippen molar-refractivity contribution in [3.8, 4) is 6.07 Å². The molecule has 3 aromatic rings. The lowest BCUT2D eigenvalue weighted by Crippen LogP contribution is -2.38. The Balaban J connectivity index is 1.10. The number of hydrogen-bond donors (Lipinski definition) is 1. The number of nitrogens with one attached hydrogen (secondary N) is 1. The molecule has 1 N–H and O–H groups in total. The number of nitrogens with zero attached hydrogens (tertiary/aromatic N) is 4. The van der Waals surface area contributed by atoms with Gasteiger partial charge in [0.2, 0.25) is 0 Å². The molecule has 33 heavy (non-hydrogen) atoms. The van der Waals surface area contributed by atoms with Gasteiger partial charge in [0, 0.05) is 55.4 Å². The van der Waals surface area contributed by atoms with Crippen LogP contribution in [-0.2, 0) is 20.0 Å². The predicted octanol–water partition coefficient (Wildman–Crippen LogP) is 4.18. The molecule has 0 bridgehead atoms. The number of hydrogen-bond acceptors (Lipinski definition) is 4. The Hall–Kier alpha value is -3.17. The van der Waals surface area contributed by atoms with E-state index in [9.17, 15) is 10.1 Å². The van der Waals surface area contributed by atoms with Gasteiger partial charge in [0.15, 0.2) is 0 Å². The fourth-order valence-corrected chi connectivity index (χ4v) is 5.58. The largest absolute Gasteiger partial charge is 0.349 e. The third-order valence-corrected chi connectivity index (χ3v) is 7.55. The van der Waals surface area contributed by atoms with Crippen LogP contribution < -0.4 is 5.32 Å². The summed E-state index contributed by atoms with van der Waals surface area (Å²) in [6.07, 6.45) is 8.44. The third kappa shape index (κ3) is 4.51. The quantitative estimate of drug-likeness (QED) is 0.645. The van der Waals surface area contributed by atoms with E-state index < -0.39 is 0 Å². The standard InChI is InChI=1S/C27H31N5O/c1-31-22(17-28)16-20-18-32(15-12-26(20)31)14-11-19-7-9-21(10-8-19)30-27(33)24-4-2-6-25-23(24)5-3-13-29-25/h2-6,13,16,19,21H,7-12,14-15,18H2,1H3,(H,30,33). The molecule has 170 valence electrons. The smallest absolute Gasteiger partial charge is 0.252 e. The number of carbonyl (C=O) groups is 1. The van der Waals surface area contributed by atoms with Crippen LogP contribution >= 0.6 is 0 Å². The minimum absolute atomic E-state index is 0.0146. The Morgan fingerprint density at radius 3 is 2.88 bits per heavy atom. The van der Waals surface area contributed by atoms with Gasteiger partial charge in [-0.2, -0.15) is 5.26 Å². The van der Waals surface area contributed by atoms with Crippen molar-refractivity contribution in [1.82, 2.24) is 19.8 Å². The van der Waals surface area contributed by atoms with Crippen LogP contribution in [0.1, 0.15) is 59.4 Å². The first-order valence-electron chi connectivity index (χ1n) is 12.1. The summed E-state index contributed by atoms with van der Waals surface area (Å²) >= 11 is 0. The summed E-state index contributed by atoms with van der Waals surface area (Å²) in [5, 5.41) is 13.5. The van der Waals surface area contributed by atoms with Gasteiger partial charge in [0.1, 0.15) is 11.8 Å². The molecule has 1 aliphatic carbocycles. The Bertz CT molecular complexity index is 1190. The van der Waals surface area contributed by atoms with Crippen molar-refractivity contribution in [3.63, 3.8) is 0 Å². The van der Waals surface area contributed by atoms with Crippen LogP contribution in [0.3, 0.4) is 0 Å². The summed E-state index contributed by atoms with van der Waals surface area (Å²) in [5.41, 5.74) is 4.98. The van der Waals surface area contributed by atoms with E-state index in [1.807, 2.05) is 37.4 Å². The van der Waals surface area contributed by atoms with Crippen LogP contribution in [0, 0.1) is 17.2 Å². The highest BCUT2D eigenvalue weighted by atomic mass is 16.1. The van der Waals surface area contributed by atoms with Gasteiger partial charge in [-0.15, -0.1) is 0 Å². The molecule has 1 saturated carbocycles. The normalized spacial score (nSPS) is 20.8. The number of pyridine rings is 1. The number of fused-ring (bicyclic) bond motifs is 2. The van der Waals surface area contributed by atoms with E-state index in [-0.39, 0.29) is 11.9 Å². The van der Waals surface area contributed by atoms with E-state index >= 15 is 0 Å². The van der Waals surface area contributed by atoms with Gasteiger partial charge in [-0.1, -0.05) is 12.1 Å². The Morgan fingerprint density at radius 1 is 1.21 bits per heavy atom. The van der Waals surface area contributed by atoms with Crippen LogP contribution in [0.5, 0.6) is 0 Å². The molecule has 1 aliphatic heterocycles. The molecule has 2 aromatic heterocycles. The van der Waals surface area contributed by atoms with Crippen molar-refractivity contribution in [2.75, 3.05) is 13.1 Å². The van der Waals surface area contributed by atoms with E-state index in [4.69, 9.17) is 0 Å². The molecule has 2 aliphatic rings. The molecular weight excluding hydrogens is 410 g/mol. The number of rotatable bonds is 5. The Labute approximate surface area is 195 Å². The minimum atomic E-state index is 0.0146. The van der Waals surface area contributed by atoms with Gasteiger partial charge < -0.3 is 9.88 Å². The van der Waals surface area contributed by atoms with Crippen molar-refractivity contribution in [2.24, 2.45) is 13.0 Å². The fraction of sp³-hybridized carbons (Fsp3) is 0.444. The minimum Gasteiger partial charge on any atom is -0.349 e. The lowest BCUT2D eigenvalue weighted by atomic mass is 9.83. The molecule has 0 spiro atoms. The molecule has 0 radical (unpaired) electrons. The highest BCUT2D eigenvalue weighted by Gasteiger charge is 2.25. The number of carbonyl (C=O) groups excluding carboxylic acids is 1. The first-order chi connectivity index (χ1) is 16.1. The van der Waals surface area contributed by atoms with Gasteiger partial charge in [0.25, 0.3) is 5.91 Å². The maximum Gasteiger partial charge on any atom is 0.252 e. The van der Waals surface area contributed by atoms with E-state index in [0.717, 1.165) is 61.4 Å². The maximum atomic E-state index is 12.9. The van der Waals surface area contributed by atoms with Gasteiger partial charge in [0.05, 0.1) is 5.52 Å². The zero-order valence-electron chi connectivity index (χ0n) is 19.3. The van der Waals surface area contributed by atoms with Crippen LogP contribution in [0.2, 0.25) is 0 Å². The van der Waals surface area contributed by atoms with Crippen LogP contribution in [-0.4, -0.2) is 39.5 Å². The molecule has 3 heterocycles. The second kappa shape index (κ2) is 9.36. The number of amides is 1. The van der Waals surface area contributed by atoms with Crippen LogP contribution in [0.25, 0.3) is 10.9 Å². The zero-order chi connectivity index (χ0) is 22.8. The number of nitriles is 1. The summed E-state index contributed by atoms with van der Waals surface area (Å²) in [5.74, 6) is 0.743. The summed E-state index contributed by atoms with van der Waals surface area (Å²) in [7, 11) is 2.00. The van der Waals surface area contributed by atoms with Crippen molar-refractivity contribution >= 4 is 16.8 Å². The van der Waals surface area contributed by atoms with E-state index in [2.05, 4.69) is 31.9 Å². The second-order valence-corrected chi connectivity index (χ2v) is 9.55. The first kappa shape index (κ1) is 21.7. The van der Waals surface area contributed by atoms with Gasteiger partial charge in [-0.05, 0) is 74.4 Å².